The molecule has 0 bridgehead atoms. The molecule has 0 atom stereocenters. The summed E-state index contributed by atoms with van der Waals surface area (Å²) >= 11 is 0. The van der Waals surface area contributed by atoms with E-state index in [2.05, 4.69) is 0 Å². The van der Waals surface area contributed by atoms with Crippen molar-refractivity contribution >= 4 is 11.7 Å². The Labute approximate surface area is 152 Å². The number of hydrogen-bond acceptors (Lipinski definition) is 6. The number of furan rings is 1. The van der Waals surface area contributed by atoms with Gasteiger partial charge in [0.05, 0.1) is 19.9 Å². The summed E-state index contributed by atoms with van der Waals surface area (Å²) < 4.78 is 15.7. The lowest BCUT2D eigenvalue weighted by Gasteiger charge is -2.34. The molecule has 0 saturated carbocycles. The smallest absolute Gasteiger partial charge is 0.260 e. The number of ketones is 1. The van der Waals surface area contributed by atoms with Crippen LogP contribution < -0.4 is 9.47 Å². The van der Waals surface area contributed by atoms with Crippen LogP contribution in [0.2, 0.25) is 0 Å². The molecule has 1 aliphatic rings. The first-order chi connectivity index (χ1) is 12.7. The highest BCUT2D eigenvalue weighted by molar-refractivity contribution is 5.95. The Morgan fingerprint density at radius 3 is 2.35 bits per heavy atom. The van der Waals surface area contributed by atoms with E-state index in [4.69, 9.17) is 13.9 Å². The molecule has 1 aliphatic heterocycles. The van der Waals surface area contributed by atoms with Crippen LogP contribution in [0.15, 0.2) is 47.1 Å². The van der Waals surface area contributed by atoms with Crippen molar-refractivity contribution < 1.29 is 23.5 Å². The van der Waals surface area contributed by atoms with Crippen LogP contribution in [0.4, 0.5) is 0 Å². The zero-order valence-electron chi connectivity index (χ0n) is 14.7. The number of methoxy groups -OCH3 is 1. The number of carbonyl (C=O) groups excluding carboxylic acids is 2. The van der Waals surface area contributed by atoms with Gasteiger partial charge in [-0.25, -0.2) is 0 Å². The van der Waals surface area contributed by atoms with Crippen LogP contribution in [-0.4, -0.2) is 67.9 Å². The SMILES string of the molecule is COc1ccc(OCC(=O)N2CCN(CC(=O)c3ccco3)CC2)cc1. The third-order valence-corrected chi connectivity index (χ3v) is 4.31. The molecule has 1 saturated heterocycles. The zero-order valence-corrected chi connectivity index (χ0v) is 14.7. The van der Waals surface area contributed by atoms with Gasteiger partial charge in [0.1, 0.15) is 11.5 Å². The quantitative estimate of drug-likeness (QED) is 0.702. The molecule has 0 unspecified atom stereocenters. The van der Waals surface area contributed by atoms with Gasteiger partial charge in [-0.1, -0.05) is 0 Å². The van der Waals surface area contributed by atoms with Gasteiger partial charge in [0.2, 0.25) is 5.78 Å². The second-order valence-corrected chi connectivity index (χ2v) is 6.02. The van der Waals surface area contributed by atoms with Gasteiger partial charge in [0.15, 0.2) is 12.4 Å². The molecule has 138 valence electrons. The Morgan fingerprint density at radius 1 is 1.04 bits per heavy atom. The summed E-state index contributed by atoms with van der Waals surface area (Å²) in [6.45, 7) is 2.77. The Bertz CT molecular complexity index is 719. The summed E-state index contributed by atoms with van der Waals surface area (Å²) in [6.07, 6.45) is 1.49. The van der Waals surface area contributed by atoms with E-state index < -0.39 is 0 Å². The lowest BCUT2D eigenvalue weighted by molar-refractivity contribution is -0.135. The largest absolute Gasteiger partial charge is 0.497 e. The van der Waals surface area contributed by atoms with Crippen molar-refractivity contribution in [1.82, 2.24) is 9.80 Å². The van der Waals surface area contributed by atoms with E-state index in [0.717, 1.165) is 5.75 Å². The third kappa shape index (κ3) is 4.64. The van der Waals surface area contributed by atoms with Crippen molar-refractivity contribution in [2.45, 2.75) is 0 Å². The van der Waals surface area contributed by atoms with Crippen molar-refractivity contribution in [2.75, 3.05) is 46.4 Å². The Morgan fingerprint density at radius 2 is 1.73 bits per heavy atom. The van der Waals surface area contributed by atoms with Gasteiger partial charge in [-0.05, 0) is 36.4 Å². The number of carbonyl (C=O) groups is 2. The minimum absolute atomic E-state index is 0.00233. The Hall–Kier alpha value is -2.80. The number of piperazine rings is 1. The molecular formula is C19H22N2O5. The normalized spacial score (nSPS) is 14.9. The third-order valence-electron chi connectivity index (χ3n) is 4.31. The van der Waals surface area contributed by atoms with Crippen molar-refractivity contribution in [1.29, 1.82) is 0 Å². The summed E-state index contributed by atoms with van der Waals surface area (Å²) in [5, 5.41) is 0. The minimum Gasteiger partial charge on any atom is -0.497 e. The molecule has 26 heavy (non-hydrogen) atoms. The van der Waals surface area contributed by atoms with Gasteiger partial charge < -0.3 is 18.8 Å². The molecule has 1 fully saturated rings. The Kier molecular flexibility index (Phi) is 5.91. The van der Waals surface area contributed by atoms with Gasteiger partial charge in [-0.2, -0.15) is 0 Å². The molecule has 2 heterocycles. The van der Waals surface area contributed by atoms with Gasteiger partial charge in [0.25, 0.3) is 5.91 Å². The van der Waals surface area contributed by atoms with E-state index in [-0.39, 0.29) is 18.3 Å². The molecule has 3 rings (SSSR count). The van der Waals surface area contributed by atoms with E-state index in [1.807, 2.05) is 4.90 Å². The fourth-order valence-electron chi connectivity index (χ4n) is 2.78. The molecule has 0 aliphatic carbocycles. The molecule has 2 aromatic rings. The van der Waals surface area contributed by atoms with Gasteiger partial charge in [0, 0.05) is 26.2 Å². The molecule has 1 aromatic carbocycles. The fraction of sp³-hybridized carbons (Fsp3) is 0.368. The van der Waals surface area contributed by atoms with E-state index in [9.17, 15) is 9.59 Å². The molecule has 7 nitrogen and oxygen atoms in total. The highest BCUT2D eigenvalue weighted by Gasteiger charge is 2.23. The van der Waals surface area contributed by atoms with Crippen LogP contribution in [0.1, 0.15) is 10.6 Å². The molecule has 0 N–H and O–H groups in total. The molecule has 1 aromatic heterocycles. The van der Waals surface area contributed by atoms with Crippen LogP contribution in [-0.2, 0) is 4.79 Å². The average Bonchev–Trinajstić information content (AvgIpc) is 3.22. The zero-order chi connectivity index (χ0) is 18.4. The highest BCUT2D eigenvalue weighted by Crippen LogP contribution is 2.17. The van der Waals surface area contributed by atoms with Crippen LogP contribution >= 0.6 is 0 Å². The van der Waals surface area contributed by atoms with Gasteiger partial charge in [-0.3, -0.25) is 14.5 Å². The van der Waals surface area contributed by atoms with Crippen LogP contribution in [0, 0.1) is 0 Å². The summed E-state index contributed by atoms with van der Waals surface area (Å²) in [7, 11) is 1.60. The van der Waals surface area contributed by atoms with E-state index in [1.165, 1.54) is 6.26 Å². The number of rotatable bonds is 7. The molecule has 0 spiro atoms. The van der Waals surface area contributed by atoms with E-state index in [0.29, 0.717) is 44.2 Å². The number of benzene rings is 1. The standard InChI is InChI=1S/C19H22N2O5/c1-24-15-4-6-16(7-5-15)26-14-19(23)21-10-8-20(9-11-21)13-17(22)18-3-2-12-25-18/h2-7,12H,8-11,13-14H2,1H3. The van der Waals surface area contributed by atoms with E-state index >= 15 is 0 Å². The number of nitrogens with zero attached hydrogens (tertiary/aromatic N) is 2. The van der Waals surface area contributed by atoms with E-state index in [1.54, 1.807) is 48.4 Å². The topological polar surface area (TPSA) is 72.2 Å². The summed E-state index contributed by atoms with van der Waals surface area (Å²) in [4.78, 5) is 28.1. The predicted molar refractivity (Wildman–Crippen MR) is 94.5 cm³/mol. The Balaban J connectivity index is 1.41. The predicted octanol–water partition coefficient (Wildman–Crippen LogP) is 1.69. The summed E-state index contributed by atoms with van der Waals surface area (Å²) in [6, 6.07) is 10.5. The van der Waals surface area contributed by atoms with Crippen LogP contribution in [0.5, 0.6) is 11.5 Å². The second-order valence-electron chi connectivity index (χ2n) is 6.02. The summed E-state index contributed by atoms with van der Waals surface area (Å²) in [5.74, 6) is 1.64. The van der Waals surface area contributed by atoms with Gasteiger partial charge >= 0.3 is 0 Å². The highest BCUT2D eigenvalue weighted by atomic mass is 16.5. The minimum atomic E-state index is -0.0576. The maximum atomic E-state index is 12.3. The van der Waals surface area contributed by atoms with Gasteiger partial charge in [-0.15, -0.1) is 0 Å². The maximum Gasteiger partial charge on any atom is 0.260 e. The van der Waals surface area contributed by atoms with Crippen molar-refractivity contribution in [2.24, 2.45) is 0 Å². The van der Waals surface area contributed by atoms with Crippen LogP contribution in [0.25, 0.3) is 0 Å². The number of Topliss-reactive ketones (excluding diaryl/α,β-unsaturated/α-hetero) is 1. The maximum absolute atomic E-state index is 12.3. The van der Waals surface area contributed by atoms with Crippen molar-refractivity contribution in [3.63, 3.8) is 0 Å². The fourth-order valence-corrected chi connectivity index (χ4v) is 2.78. The number of hydrogen-bond donors (Lipinski definition) is 0. The number of amides is 1. The molecule has 0 radical (unpaired) electrons. The monoisotopic (exact) mass is 358 g/mol. The first-order valence-corrected chi connectivity index (χ1v) is 8.49. The summed E-state index contributed by atoms with van der Waals surface area (Å²) in [5.41, 5.74) is 0. The lowest BCUT2D eigenvalue weighted by atomic mass is 10.2. The first kappa shape index (κ1) is 18.0. The van der Waals surface area contributed by atoms with Crippen molar-refractivity contribution in [3.8, 4) is 11.5 Å². The second kappa shape index (κ2) is 8.53. The molecular weight excluding hydrogens is 336 g/mol. The number of ether oxygens (including phenoxy) is 2. The lowest BCUT2D eigenvalue weighted by Crippen LogP contribution is -2.51. The van der Waals surface area contributed by atoms with Crippen molar-refractivity contribution in [3.05, 3.63) is 48.4 Å². The van der Waals surface area contributed by atoms with Crippen LogP contribution in [0.3, 0.4) is 0 Å². The first-order valence-electron chi connectivity index (χ1n) is 8.49. The molecule has 7 heteroatoms. The molecule has 1 amide bonds. The average molecular weight is 358 g/mol.